The molecular weight excluding hydrogens is 364 g/mol. The molecule has 0 atom stereocenters. The molecule has 1 heteroatoms. The SMILES string of the molecule is C=CO.C=Cc1ccc(C)cc1.C=Cc1cccc(C)c1.C=Cc1ccccc1C. The lowest BCUT2D eigenvalue weighted by Gasteiger charge is -1.95. The van der Waals surface area contributed by atoms with Gasteiger partial charge in [-0.25, -0.2) is 0 Å². The van der Waals surface area contributed by atoms with Crippen LogP contribution in [0.4, 0.5) is 0 Å². The van der Waals surface area contributed by atoms with E-state index in [9.17, 15) is 0 Å². The average molecular weight is 399 g/mol. The summed E-state index contributed by atoms with van der Waals surface area (Å²) < 4.78 is 0. The van der Waals surface area contributed by atoms with E-state index in [1.165, 1.54) is 33.4 Å². The van der Waals surface area contributed by atoms with E-state index in [1.807, 2.05) is 42.5 Å². The summed E-state index contributed by atoms with van der Waals surface area (Å²) in [5.41, 5.74) is 7.45. The number of aliphatic hydroxyl groups excluding tert-OH is 1. The Labute approximate surface area is 183 Å². The Bertz CT molecular complexity index is 902. The molecule has 1 N–H and O–H groups in total. The minimum absolute atomic E-state index is 0.750. The fourth-order valence-electron chi connectivity index (χ4n) is 2.32. The van der Waals surface area contributed by atoms with Crippen LogP contribution in [0.2, 0.25) is 0 Å². The lowest BCUT2D eigenvalue weighted by molar-refractivity contribution is 0.476. The summed E-state index contributed by atoms with van der Waals surface area (Å²) in [5, 5.41) is 7.33. The van der Waals surface area contributed by atoms with Crippen molar-refractivity contribution in [1.29, 1.82) is 0 Å². The van der Waals surface area contributed by atoms with Gasteiger partial charge < -0.3 is 5.11 Å². The smallest absolute Gasteiger partial charge is 0.0719 e. The molecule has 3 rings (SSSR count). The first-order valence-corrected chi connectivity index (χ1v) is 9.73. The second-order valence-corrected chi connectivity index (χ2v) is 6.48. The van der Waals surface area contributed by atoms with Gasteiger partial charge in [-0.05, 0) is 43.0 Å². The van der Waals surface area contributed by atoms with E-state index in [4.69, 9.17) is 5.11 Å². The number of rotatable bonds is 3. The van der Waals surface area contributed by atoms with Crippen molar-refractivity contribution in [3.05, 3.63) is 139 Å². The van der Waals surface area contributed by atoms with Gasteiger partial charge in [0, 0.05) is 0 Å². The molecule has 0 unspecified atom stereocenters. The van der Waals surface area contributed by atoms with Crippen molar-refractivity contribution in [2.24, 2.45) is 0 Å². The lowest BCUT2D eigenvalue weighted by Crippen LogP contribution is -1.75. The number of aryl methyl sites for hydroxylation is 3. The van der Waals surface area contributed by atoms with Gasteiger partial charge in [-0.2, -0.15) is 0 Å². The largest absolute Gasteiger partial charge is 0.516 e. The van der Waals surface area contributed by atoms with E-state index >= 15 is 0 Å². The third-order valence-corrected chi connectivity index (χ3v) is 4.00. The van der Waals surface area contributed by atoms with Crippen molar-refractivity contribution in [1.82, 2.24) is 0 Å². The van der Waals surface area contributed by atoms with Crippen LogP contribution < -0.4 is 0 Å². The predicted octanol–water partition coefficient (Wildman–Crippen LogP) is 8.60. The third kappa shape index (κ3) is 12.0. The molecule has 0 aliphatic carbocycles. The van der Waals surface area contributed by atoms with Crippen molar-refractivity contribution in [2.45, 2.75) is 20.8 Å². The maximum absolute atomic E-state index is 7.33. The van der Waals surface area contributed by atoms with E-state index in [2.05, 4.69) is 95.6 Å². The van der Waals surface area contributed by atoms with Gasteiger partial charge in [-0.1, -0.05) is 128 Å². The molecule has 3 aromatic carbocycles. The molecule has 3 aromatic rings. The average Bonchev–Trinajstić information content (AvgIpc) is 2.76. The molecule has 30 heavy (non-hydrogen) atoms. The van der Waals surface area contributed by atoms with Gasteiger partial charge in [0.25, 0.3) is 0 Å². The van der Waals surface area contributed by atoms with Crippen molar-refractivity contribution in [3.8, 4) is 0 Å². The highest BCUT2D eigenvalue weighted by Gasteiger charge is 1.87. The van der Waals surface area contributed by atoms with Crippen LogP contribution in [0.3, 0.4) is 0 Å². The predicted molar refractivity (Wildman–Crippen MR) is 137 cm³/mol. The summed E-state index contributed by atoms with van der Waals surface area (Å²) in [6.07, 6.45) is 6.32. The van der Waals surface area contributed by atoms with Crippen molar-refractivity contribution >= 4 is 18.2 Å². The minimum atomic E-state index is 0.750. The molecule has 156 valence electrons. The summed E-state index contributed by atoms with van der Waals surface area (Å²) in [4.78, 5) is 0. The Balaban J connectivity index is 0.000000394. The summed E-state index contributed by atoms with van der Waals surface area (Å²) >= 11 is 0. The van der Waals surface area contributed by atoms with Gasteiger partial charge in [-0.3, -0.25) is 0 Å². The van der Waals surface area contributed by atoms with Crippen LogP contribution in [0, 0.1) is 20.8 Å². The number of benzene rings is 3. The van der Waals surface area contributed by atoms with E-state index in [-0.39, 0.29) is 0 Å². The van der Waals surface area contributed by atoms with E-state index < -0.39 is 0 Å². The maximum Gasteiger partial charge on any atom is 0.0719 e. The molecule has 0 amide bonds. The molecular formula is C29H34O. The lowest BCUT2D eigenvalue weighted by atomic mass is 10.1. The summed E-state index contributed by atoms with van der Waals surface area (Å²) in [6, 6.07) is 24.7. The van der Waals surface area contributed by atoms with Crippen molar-refractivity contribution in [3.63, 3.8) is 0 Å². The molecule has 0 fully saturated rings. The van der Waals surface area contributed by atoms with Crippen LogP contribution in [-0.2, 0) is 0 Å². The first-order valence-electron chi connectivity index (χ1n) is 9.73. The van der Waals surface area contributed by atoms with Crippen LogP contribution >= 0.6 is 0 Å². The summed E-state index contributed by atoms with van der Waals surface area (Å²) in [5.74, 6) is 0. The van der Waals surface area contributed by atoms with Crippen molar-refractivity contribution in [2.75, 3.05) is 0 Å². The van der Waals surface area contributed by atoms with E-state index in [0.29, 0.717) is 0 Å². The molecule has 0 heterocycles. The highest BCUT2D eigenvalue weighted by Crippen LogP contribution is 2.07. The van der Waals surface area contributed by atoms with Crippen LogP contribution in [0.1, 0.15) is 33.4 Å². The quantitative estimate of drug-likeness (QED) is 0.438. The highest BCUT2D eigenvalue weighted by atomic mass is 16.2. The van der Waals surface area contributed by atoms with Crippen LogP contribution in [0.25, 0.3) is 18.2 Å². The van der Waals surface area contributed by atoms with Gasteiger partial charge in [0.2, 0.25) is 0 Å². The Hall–Kier alpha value is -3.58. The molecule has 0 saturated heterocycles. The Morgan fingerprint density at radius 1 is 0.600 bits per heavy atom. The van der Waals surface area contributed by atoms with Crippen LogP contribution in [0.15, 0.2) is 105 Å². The van der Waals surface area contributed by atoms with Crippen LogP contribution in [0.5, 0.6) is 0 Å². The number of hydrogen-bond donors (Lipinski definition) is 1. The summed E-state index contributed by atoms with van der Waals surface area (Å²) in [6.45, 7) is 20.2. The third-order valence-electron chi connectivity index (χ3n) is 4.00. The molecule has 0 aliphatic rings. The Morgan fingerprint density at radius 2 is 1.17 bits per heavy atom. The first-order chi connectivity index (χ1) is 14.4. The Kier molecular flexibility index (Phi) is 14.4. The van der Waals surface area contributed by atoms with E-state index in [1.54, 1.807) is 0 Å². The van der Waals surface area contributed by atoms with E-state index in [0.717, 1.165) is 6.26 Å². The maximum atomic E-state index is 7.33. The molecule has 0 saturated carbocycles. The van der Waals surface area contributed by atoms with Gasteiger partial charge in [-0.15, -0.1) is 0 Å². The topological polar surface area (TPSA) is 20.2 Å². The monoisotopic (exact) mass is 398 g/mol. The molecule has 0 aromatic heterocycles. The fourth-order valence-corrected chi connectivity index (χ4v) is 2.32. The zero-order chi connectivity index (χ0) is 22.8. The first kappa shape index (κ1) is 26.4. The molecule has 1 nitrogen and oxygen atoms in total. The van der Waals surface area contributed by atoms with Gasteiger partial charge in [0.15, 0.2) is 0 Å². The van der Waals surface area contributed by atoms with Gasteiger partial charge in [0.05, 0.1) is 6.26 Å². The molecule has 0 bridgehead atoms. The molecule has 0 radical (unpaired) electrons. The zero-order valence-corrected chi connectivity index (χ0v) is 18.5. The number of hydrogen-bond acceptors (Lipinski definition) is 1. The standard InChI is InChI=1S/3C9H10.C2H4O/c1-3-9-6-4-8(2)5-7-9;1-3-9-6-4-5-8(2)7-9;1-3-9-7-5-4-6-8(9)2;1-2-3/h3*3-7H,1H2,2H3;2-3H,1H2. The van der Waals surface area contributed by atoms with Gasteiger partial charge >= 0.3 is 0 Å². The van der Waals surface area contributed by atoms with Crippen LogP contribution in [-0.4, -0.2) is 5.11 Å². The zero-order valence-electron chi connectivity index (χ0n) is 18.5. The van der Waals surface area contributed by atoms with Crippen molar-refractivity contribution < 1.29 is 5.11 Å². The summed E-state index contributed by atoms with van der Waals surface area (Å²) in [7, 11) is 0. The molecule has 0 aliphatic heterocycles. The second-order valence-electron chi connectivity index (χ2n) is 6.48. The Morgan fingerprint density at radius 3 is 1.57 bits per heavy atom. The van der Waals surface area contributed by atoms with Gasteiger partial charge in [0.1, 0.15) is 0 Å². The second kappa shape index (κ2) is 16.4. The molecule has 0 spiro atoms. The highest BCUT2D eigenvalue weighted by molar-refractivity contribution is 5.51. The minimum Gasteiger partial charge on any atom is -0.516 e. The normalized spacial score (nSPS) is 8.50. The fraction of sp³-hybridized carbons (Fsp3) is 0.103. The number of aliphatic hydroxyl groups is 1.